The van der Waals surface area contributed by atoms with Crippen LogP contribution in [-0.2, 0) is 16.0 Å². The van der Waals surface area contributed by atoms with Crippen LogP contribution in [-0.4, -0.2) is 46.8 Å². The van der Waals surface area contributed by atoms with Crippen LogP contribution in [0.1, 0.15) is 31.2 Å². The second-order valence-corrected chi connectivity index (χ2v) is 8.12. The molecule has 0 saturated carbocycles. The highest BCUT2D eigenvalue weighted by Gasteiger charge is 2.38. The lowest BCUT2D eigenvalue weighted by molar-refractivity contribution is -0.127. The number of nitrogens with one attached hydrogen (secondary N) is 1. The molecule has 2 aliphatic heterocycles. The number of benzene rings is 1. The summed E-state index contributed by atoms with van der Waals surface area (Å²) in [6.07, 6.45) is 5.08. The number of imide groups is 1. The van der Waals surface area contributed by atoms with E-state index in [1.54, 1.807) is 11.5 Å². The Morgan fingerprint density at radius 1 is 1.18 bits per heavy atom. The summed E-state index contributed by atoms with van der Waals surface area (Å²) >= 11 is 7.23. The van der Waals surface area contributed by atoms with Crippen molar-refractivity contribution in [3.8, 4) is 0 Å². The van der Waals surface area contributed by atoms with Gasteiger partial charge >= 0.3 is 6.03 Å². The van der Waals surface area contributed by atoms with Crippen LogP contribution in [0.25, 0.3) is 0 Å². The Bertz CT molecular complexity index is 807. The third-order valence-corrected chi connectivity index (χ3v) is 5.86. The maximum atomic E-state index is 12.3. The van der Waals surface area contributed by atoms with Crippen LogP contribution < -0.4 is 5.32 Å². The van der Waals surface area contributed by atoms with E-state index < -0.39 is 6.03 Å². The van der Waals surface area contributed by atoms with Gasteiger partial charge in [-0.25, -0.2) is 4.79 Å². The molecule has 148 valence electrons. The molecule has 0 bridgehead atoms. The van der Waals surface area contributed by atoms with Crippen molar-refractivity contribution in [1.82, 2.24) is 10.2 Å². The third-order valence-electron chi connectivity index (χ3n) is 4.60. The zero-order valence-electron chi connectivity index (χ0n) is 15.4. The van der Waals surface area contributed by atoms with Gasteiger partial charge in [-0.2, -0.15) is 4.99 Å². The van der Waals surface area contributed by atoms with Gasteiger partial charge in [0.1, 0.15) is 5.25 Å². The van der Waals surface area contributed by atoms with Gasteiger partial charge in [-0.15, -0.1) is 11.8 Å². The maximum Gasteiger partial charge on any atom is 0.350 e. The van der Waals surface area contributed by atoms with Gasteiger partial charge in [0.2, 0.25) is 11.8 Å². The fraction of sp³-hybridized carbons (Fsp3) is 0.400. The molecule has 0 saturated heterocycles. The minimum Gasteiger partial charge on any atom is -0.356 e. The number of allylic oxidation sites excluding steroid dienone is 1. The number of urea groups is 1. The number of hydrogen-bond donors (Lipinski definition) is 1. The van der Waals surface area contributed by atoms with E-state index in [0.717, 1.165) is 24.8 Å². The summed E-state index contributed by atoms with van der Waals surface area (Å²) in [5.41, 5.74) is 1.67. The second kappa shape index (κ2) is 9.89. The fourth-order valence-electron chi connectivity index (χ4n) is 3.06. The van der Waals surface area contributed by atoms with Crippen LogP contribution in [0.15, 0.2) is 40.7 Å². The van der Waals surface area contributed by atoms with Crippen LogP contribution in [0.4, 0.5) is 4.79 Å². The number of hydrogen-bond acceptors (Lipinski definition) is 4. The average Bonchev–Trinajstić information content (AvgIpc) is 3.14. The van der Waals surface area contributed by atoms with Crippen LogP contribution in [0, 0.1) is 0 Å². The van der Waals surface area contributed by atoms with Gasteiger partial charge in [-0.05, 0) is 48.4 Å². The minimum absolute atomic E-state index is 0.0155. The SMILES string of the molecule is O=C(CCCCCN1C(=O)N=C2C=CSC2C1=O)NCCc1ccc(Cl)cc1. The first-order valence-corrected chi connectivity index (χ1v) is 10.6. The van der Waals surface area contributed by atoms with Crippen molar-refractivity contribution in [3.05, 3.63) is 46.3 Å². The van der Waals surface area contributed by atoms with Crippen molar-refractivity contribution < 1.29 is 14.4 Å². The van der Waals surface area contributed by atoms with E-state index in [1.165, 1.54) is 16.7 Å². The van der Waals surface area contributed by atoms with Crippen molar-refractivity contribution in [2.24, 2.45) is 4.99 Å². The molecule has 0 aliphatic carbocycles. The fourth-order valence-corrected chi connectivity index (χ4v) is 4.07. The van der Waals surface area contributed by atoms with Crippen molar-refractivity contribution in [3.63, 3.8) is 0 Å². The molecule has 0 spiro atoms. The van der Waals surface area contributed by atoms with Crippen molar-refractivity contribution in [2.75, 3.05) is 13.1 Å². The van der Waals surface area contributed by atoms with E-state index in [9.17, 15) is 14.4 Å². The molecule has 3 rings (SSSR count). The largest absolute Gasteiger partial charge is 0.356 e. The Balaban J connectivity index is 1.28. The Hall–Kier alpha value is -2.12. The molecule has 0 aromatic heterocycles. The molecular weight excluding hydrogens is 398 g/mol. The first kappa shape index (κ1) is 20.6. The van der Waals surface area contributed by atoms with Gasteiger partial charge in [0, 0.05) is 24.5 Å². The standard InChI is InChI=1S/C20H22ClN3O3S/c21-15-7-5-14(6-8-15)9-11-22-17(25)4-2-1-3-12-24-19(26)18-16(10-13-28-18)23-20(24)27/h5-8,10,13,18H,1-4,9,11-12H2,(H,22,25). The topological polar surface area (TPSA) is 78.8 Å². The van der Waals surface area contributed by atoms with Gasteiger partial charge in [0.15, 0.2) is 0 Å². The number of aliphatic imine (C=N–C) groups is 1. The Labute approximate surface area is 173 Å². The molecule has 2 heterocycles. The Morgan fingerprint density at radius 2 is 1.96 bits per heavy atom. The van der Waals surface area contributed by atoms with Gasteiger partial charge < -0.3 is 5.32 Å². The molecule has 1 atom stereocenters. The molecule has 8 heteroatoms. The predicted molar refractivity (Wildman–Crippen MR) is 112 cm³/mol. The van der Waals surface area contributed by atoms with Crippen LogP contribution in [0.2, 0.25) is 5.02 Å². The maximum absolute atomic E-state index is 12.3. The smallest absolute Gasteiger partial charge is 0.350 e. The van der Waals surface area contributed by atoms with E-state index in [0.29, 0.717) is 36.7 Å². The van der Waals surface area contributed by atoms with E-state index in [4.69, 9.17) is 11.6 Å². The molecule has 6 nitrogen and oxygen atoms in total. The predicted octanol–water partition coefficient (Wildman–Crippen LogP) is 3.59. The van der Waals surface area contributed by atoms with Gasteiger partial charge in [0.05, 0.1) is 5.71 Å². The number of fused-ring (bicyclic) bond motifs is 1. The zero-order chi connectivity index (χ0) is 19.9. The first-order valence-electron chi connectivity index (χ1n) is 9.31. The second-order valence-electron chi connectivity index (χ2n) is 6.67. The number of rotatable bonds is 9. The summed E-state index contributed by atoms with van der Waals surface area (Å²) in [4.78, 5) is 41.4. The molecule has 4 amide bonds. The highest BCUT2D eigenvalue weighted by atomic mass is 35.5. The Kier molecular flexibility index (Phi) is 7.28. The summed E-state index contributed by atoms with van der Waals surface area (Å²) in [5, 5.41) is 5.03. The summed E-state index contributed by atoms with van der Waals surface area (Å²) in [6.45, 7) is 0.939. The van der Waals surface area contributed by atoms with Crippen molar-refractivity contribution in [1.29, 1.82) is 0 Å². The molecular formula is C20H22ClN3O3S. The molecule has 28 heavy (non-hydrogen) atoms. The van der Waals surface area contributed by atoms with Crippen molar-refractivity contribution >= 4 is 46.9 Å². The summed E-state index contributed by atoms with van der Waals surface area (Å²) in [7, 11) is 0. The normalized spacial score (nSPS) is 18.2. The number of nitrogens with zero attached hydrogens (tertiary/aromatic N) is 2. The average molecular weight is 420 g/mol. The van der Waals surface area contributed by atoms with E-state index >= 15 is 0 Å². The quantitative estimate of drug-likeness (QED) is 0.620. The lowest BCUT2D eigenvalue weighted by Gasteiger charge is -2.25. The highest BCUT2D eigenvalue weighted by Crippen LogP contribution is 2.27. The van der Waals surface area contributed by atoms with Crippen LogP contribution in [0.5, 0.6) is 0 Å². The van der Waals surface area contributed by atoms with E-state index in [1.807, 2.05) is 24.3 Å². The number of amides is 4. The minimum atomic E-state index is -0.483. The number of thioether (sulfide) groups is 1. The zero-order valence-corrected chi connectivity index (χ0v) is 17.0. The molecule has 1 aromatic carbocycles. The first-order chi connectivity index (χ1) is 13.5. The van der Waals surface area contributed by atoms with Gasteiger partial charge in [0.25, 0.3) is 0 Å². The number of carbonyl (C=O) groups excluding carboxylic acids is 3. The molecule has 0 fully saturated rings. The Morgan fingerprint density at radius 3 is 2.75 bits per heavy atom. The molecule has 1 unspecified atom stereocenters. The monoisotopic (exact) mass is 419 g/mol. The summed E-state index contributed by atoms with van der Waals surface area (Å²) in [5.74, 6) is -0.174. The highest BCUT2D eigenvalue weighted by molar-refractivity contribution is 8.04. The van der Waals surface area contributed by atoms with Gasteiger partial charge in [-0.1, -0.05) is 30.2 Å². The van der Waals surface area contributed by atoms with Crippen molar-refractivity contribution in [2.45, 2.75) is 37.4 Å². The molecule has 1 aromatic rings. The number of carbonyl (C=O) groups is 3. The van der Waals surface area contributed by atoms with Crippen LogP contribution >= 0.6 is 23.4 Å². The third kappa shape index (κ3) is 5.45. The van der Waals surface area contributed by atoms with E-state index in [-0.39, 0.29) is 17.1 Å². The molecule has 2 aliphatic rings. The lowest BCUT2D eigenvalue weighted by atomic mass is 10.1. The summed E-state index contributed by atoms with van der Waals surface area (Å²) < 4.78 is 0. The molecule has 1 N–H and O–H groups in total. The molecule has 0 radical (unpaired) electrons. The number of unbranched alkanes of at least 4 members (excludes halogenated alkanes) is 2. The number of halogens is 1. The van der Waals surface area contributed by atoms with Gasteiger partial charge in [-0.3, -0.25) is 14.5 Å². The summed E-state index contributed by atoms with van der Waals surface area (Å²) in [6, 6.07) is 7.09. The lowest BCUT2D eigenvalue weighted by Crippen LogP contribution is -2.47. The van der Waals surface area contributed by atoms with Crippen LogP contribution in [0.3, 0.4) is 0 Å². The van der Waals surface area contributed by atoms with E-state index in [2.05, 4.69) is 10.3 Å².